The van der Waals surface area contributed by atoms with Gasteiger partial charge in [-0.1, -0.05) is 29.8 Å². The number of hydrogen-bond acceptors (Lipinski definition) is 1. The fourth-order valence-corrected chi connectivity index (χ4v) is 1.94. The van der Waals surface area contributed by atoms with Crippen molar-refractivity contribution in [2.75, 3.05) is 19.6 Å². The summed E-state index contributed by atoms with van der Waals surface area (Å²) in [6.07, 6.45) is 3.74. The molecule has 1 aromatic carbocycles. The fourth-order valence-electron chi connectivity index (χ4n) is 1.94. The Morgan fingerprint density at radius 1 is 1.21 bits per heavy atom. The van der Waals surface area contributed by atoms with Crippen LogP contribution in [0.15, 0.2) is 29.3 Å². The SMILES string of the molecule is CCNC(=NCC1CC1)NCCc1ccc(C)cc1. The predicted molar refractivity (Wildman–Crippen MR) is 81.6 cm³/mol. The van der Waals surface area contributed by atoms with E-state index in [2.05, 4.69) is 53.7 Å². The normalized spacial score (nSPS) is 15.4. The third kappa shape index (κ3) is 5.33. The monoisotopic (exact) mass is 259 g/mol. The number of benzene rings is 1. The molecule has 0 heterocycles. The number of rotatable bonds is 6. The third-order valence-corrected chi connectivity index (χ3v) is 3.38. The van der Waals surface area contributed by atoms with Gasteiger partial charge in [0.25, 0.3) is 0 Å². The predicted octanol–water partition coefficient (Wildman–Crippen LogP) is 2.50. The smallest absolute Gasteiger partial charge is 0.191 e. The van der Waals surface area contributed by atoms with Crippen LogP contribution in [0.5, 0.6) is 0 Å². The molecule has 0 aromatic heterocycles. The second kappa shape index (κ2) is 7.17. The first-order valence-corrected chi connectivity index (χ1v) is 7.35. The van der Waals surface area contributed by atoms with Crippen LogP contribution in [-0.2, 0) is 6.42 Å². The average Bonchev–Trinajstić information content (AvgIpc) is 3.22. The highest BCUT2D eigenvalue weighted by molar-refractivity contribution is 5.79. The van der Waals surface area contributed by atoms with E-state index in [9.17, 15) is 0 Å². The lowest BCUT2D eigenvalue weighted by atomic mass is 10.1. The maximum absolute atomic E-state index is 4.62. The van der Waals surface area contributed by atoms with Gasteiger partial charge in [-0.15, -0.1) is 0 Å². The van der Waals surface area contributed by atoms with Crippen molar-refractivity contribution in [1.29, 1.82) is 0 Å². The topological polar surface area (TPSA) is 36.4 Å². The summed E-state index contributed by atoms with van der Waals surface area (Å²) in [5.41, 5.74) is 2.69. The summed E-state index contributed by atoms with van der Waals surface area (Å²) < 4.78 is 0. The molecule has 19 heavy (non-hydrogen) atoms. The number of aryl methyl sites for hydroxylation is 1. The number of hydrogen-bond donors (Lipinski definition) is 2. The molecule has 0 saturated heterocycles. The van der Waals surface area contributed by atoms with E-state index in [4.69, 9.17) is 0 Å². The molecule has 0 spiro atoms. The van der Waals surface area contributed by atoms with Crippen molar-refractivity contribution in [1.82, 2.24) is 10.6 Å². The maximum atomic E-state index is 4.62. The number of guanidine groups is 1. The molecule has 1 aliphatic carbocycles. The lowest BCUT2D eigenvalue weighted by Gasteiger charge is -2.11. The number of nitrogens with one attached hydrogen (secondary N) is 2. The Balaban J connectivity index is 1.74. The van der Waals surface area contributed by atoms with E-state index in [0.29, 0.717) is 0 Å². The zero-order chi connectivity index (χ0) is 13.5. The second-order valence-corrected chi connectivity index (χ2v) is 5.33. The van der Waals surface area contributed by atoms with Crippen molar-refractivity contribution in [3.05, 3.63) is 35.4 Å². The van der Waals surface area contributed by atoms with Crippen molar-refractivity contribution in [2.24, 2.45) is 10.9 Å². The standard InChI is InChI=1S/C16H25N3/c1-3-17-16(19-12-15-8-9-15)18-11-10-14-6-4-13(2)5-7-14/h4-7,15H,3,8-12H2,1-2H3,(H2,17,18,19). The minimum atomic E-state index is 0.840. The molecular formula is C16H25N3. The molecule has 3 nitrogen and oxygen atoms in total. The van der Waals surface area contributed by atoms with Crippen LogP contribution in [0.3, 0.4) is 0 Å². The summed E-state index contributed by atoms with van der Waals surface area (Å²) in [6, 6.07) is 8.74. The molecule has 2 N–H and O–H groups in total. The minimum absolute atomic E-state index is 0.840. The van der Waals surface area contributed by atoms with E-state index >= 15 is 0 Å². The van der Waals surface area contributed by atoms with Crippen LogP contribution in [0.4, 0.5) is 0 Å². The largest absolute Gasteiger partial charge is 0.357 e. The highest BCUT2D eigenvalue weighted by atomic mass is 15.2. The van der Waals surface area contributed by atoms with Crippen LogP contribution in [0.2, 0.25) is 0 Å². The molecule has 3 heteroatoms. The third-order valence-electron chi connectivity index (χ3n) is 3.38. The highest BCUT2D eigenvalue weighted by Crippen LogP contribution is 2.28. The summed E-state index contributed by atoms with van der Waals surface area (Å²) >= 11 is 0. The maximum Gasteiger partial charge on any atom is 0.191 e. The van der Waals surface area contributed by atoms with Gasteiger partial charge in [-0.2, -0.15) is 0 Å². The zero-order valence-corrected chi connectivity index (χ0v) is 12.1. The number of nitrogens with zero attached hydrogens (tertiary/aromatic N) is 1. The van der Waals surface area contributed by atoms with Crippen LogP contribution >= 0.6 is 0 Å². The minimum Gasteiger partial charge on any atom is -0.357 e. The van der Waals surface area contributed by atoms with Crippen LogP contribution in [-0.4, -0.2) is 25.6 Å². The molecule has 104 valence electrons. The summed E-state index contributed by atoms with van der Waals surface area (Å²) in [7, 11) is 0. The van der Waals surface area contributed by atoms with Crippen LogP contribution < -0.4 is 10.6 Å². The van der Waals surface area contributed by atoms with Gasteiger partial charge in [0, 0.05) is 19.6 Å². The van der Waals surface area contributed by atoms with E-state index in [0.717, 1.165) is 37.9 Å². The first-order chi connectivity index (χ1) is 9.28. The first kappa shape index (κ1) is 13.9. The summed E-state index contributed by atoms with van der Waals surface area (Å²) in [5.74, 6) is 1.80. The van der Waals surface area contributed by atoms with Gasteiger partial charge in [-0.05, 0) is 44.6 Å². The van der Waals surface area contributed by atoms with Gasteiger partial charge in [0.1, 0.15) is 0 Å². The Kier molecular flexibility index (Phi) is 5.25. The second-order valence-electron chi connectivity index (χ2n) is 5.33. The van der Waals surface area contributed by atoms with Crippen molar-refractivity contribution < 1.29 is 0 Å². The van der Waals surface area contributed by atoms with Crippen molar-refractivity contribution in [3.8, 4) is 0 Å². The Hall–Kier alpha value is -1.51. The molecular weight excluding hydrogens is 234 g/mol. The van der Waals surface area contributed by atoms with Crippen LogP contribution in [0.25, 0.3) is 0 Å². The van der Waals surface area contributed by atoms with Crippen LogP contribution in [0, 0.1) is 12.8 Å². The molecule has 1 fully saturated rings. The van der Waals surface area contributed by atoms with E-state index < -0.39 is 0 Å². The van der Waals surface area contributed by atoms with Crippen LogP contribution in [0.1, 0.15) is 30.9 Å². The van der Waals surface area contributed by atoms with Crippen molar-refractivity contribution >= 4 is 5.96 Å². The zero-order valence-electron chi connectivity index (χ0n) is 12.1. The molecule has 1 aliphatic rings. The molecule has 0 atom stereocenters. The average molecular weight is 259 g/mol. The van der Waals surface area contributed by atoms with E-state index in [-0.39, 0.29) is 0 Å². The molecule has 0 aliphatic heterocycles. The molecule has 0 unspecified atom stereocenters. The van der Waals surface area contributed by atoms with Crippen molar-refractivity contribution in [2.45, 2.75) is 33.1 Å². The Bertz CT molecular complexity index is 405. The molecule has 2 rings (SSSR count). The Morgan fingerprint density at radius 2 is 1.95 bits per heavy atom. The van der Waals surface area contributed by atoms with E-state index in [1.165, 1.54) is 24.0 Å². The molecule has 1 aromatic rings. The van der Waals surface area contributed by atoms with Gasteiger partial charge in [0.15, 0.2) is 5.96 Å². The highest BCUT2D eigenvalue weighted by Gasteiger charge is 2.20. The van der Waals surface area contributed by atoms with Gasteiger partial charge in [-0.3, -0.25) is 4.99 Å². The van der Waals surface area contributed by atoms with E-state index in [1.807, 2.05) is 0 Å². The molecule has 0 amide bonds. The van der Waals surface area contributed by atoms with Crippen molar-refractivity contribution in [3.63, 3.8) is 0 Å². The molecule has 0 radical (unpaired) electrons. The Morgan fingerprint density at radius 3 is 2.58 bits per heavy atom. The lowest BCUT2D eigenvalue weighted by Crippen LogP contribution is -2.38. The van der Waals surface area contributed by atoms with Gasteiger partial charge < -0.3 is 10.6 Å². The molecule has 0 bridgehead atoms. The van der Waals surface area contributed by atoms with Gasteiger partial charge in [0.05, 0.1) is 0 Å². The first-order valence-electron chi connectivity index (χ1n) is 7.35. The fraction of sp³-hybridized carbons (Fsp3) is 0.562. The quantitative estimate of drug-likeness (QED) is 0.608. The van der Waals surface area contributed by atoms with Gasteiger partial charge in [0.2, 0.25) is 0 Å². The Labute approximate surface area is 116 Å². The summed E-state index contributed by atoms with van der Waals surface area (Å²) in [5, 5.41) is 6.71. The van der Waals surface area contributed by atoms with Gasteiger partial charge in [-0.25, -0.2) is 0 Å². The van der Waals surface area contributed by atoms with Gasteiger partial charge >= 0.3 is 0 Å². The summed E-state index contributed by atoms with van der Waals surface area (Å²) in [6.45, 7) is 7.05. The molecule has 1 saturated carbocycles. The lowest BCUT2D eigenvalue weighted by molar-refractivity contribution is 0.777. The summed E-state index contributed by atoms with van der Waals surface area (Å²) in [4.78, 5) is 4.62. The van der Waals surface area contributed by atoms with E-state index in [1.54, 1.807) is 0 Å². The number of aliphatic imine (C=N–C) groups is 1.